The lowest BCUT2D eigenvalue weighted by molar-refractivity contribution is -0.134. The monoisotopic (exact) mass is 371 g/mol. The number of fused-ring (bicyclic) bond motifs is 1. The Morgan fingerprint density at radius 3 is 2.70 bits per heavy atom. The molecule has 0 spiro atoms. The minimum Gasteiger partial charge on any atom is -0.496 e. The first-order valence-corrected chi connectivity index (χ1v) is 9.51. The quantitative estimate of drug-likeness (QED) is 0.818. The van der Waals surface area contributed by atoms with Crippen LogP contribution in [0.25, 0.3) is 16.5 Å². The fourth-order valence-corrected chi connectivity index (χ4v) is 4.03. The van der Waals surface area contributed by atoms with Gasteiger partial charge in [-0.3, -0.25) is 9.69 Å². The van der Waals surface area contributed by atoms with Gasteiger partial charge in [0.15, 0.2) is 0 Å². The number of aliphatic hydroxyl groups is 1. The van der Waals surface area contributed by atoms with Crippen molar-refractivity contribution in [1.29, 1.82) is 0 Å². The molecule has 146 valence electrons. The van der Waals surface area contributed by atoms with Crippen molar-refractivity contribution in [2.75, 3.05) is 40.4 Å². The van der Waals surface area contributed by atoms with E-state index in [2.05, 4.69) is 9.88 Å². The minimum atomic E-state index is -0.222. The van der Waals surface area contributed by atoms with E-state index in [-0.39, 0.29) is 24.5 Å². The van der Waals surface area contributed by atoms with Crippen LogP contribution in [0, 0.1) is 5.92 Å². The van der Waals surface area contributed by atoms with Gasteiger partial charge in [-0.2, -0.15) is 0 Å². The van der Waals surface area contributed by atoms with Gasteiger partial charge in [0.05, 0.1) is 31.2 Å². The number of likely N-dealkylation sites (N-methyl/N-ethyl adjacent to an activating group) is 1. The molecule has 0 radical (unpaired) electrons. The van der Waals surface area contributed by atoms with Crippen LogP contribution in [0.1, 0.15) is 19.4 Å². The van der Waals surface area contributed by atoms with Gasteiger partial charge in [0.1, 0.15) is 5.75 Å². The predicted molar refractivity (Wildman–Crippen MR) is 108 cm³/mol. The molecule has 0 unspecified atom stereocenters. The number of aliphatic hydroxyl groups excluding tert-OH is 1. The standard InChI is InChI=1S/C21H29N3O3/c1-5-24(6-2)21(26)14-11-17(18(13-25)23(3)12-14)15-7-8-19(27-4)16-9-10-22-20(15)16/h7-11,14,18,22,25H,5-6,12-13H2,1-4H3/t14-,18-/m1/s1. The lowest BCUT2D eigenvalue weighted by Gasteiger charge is -2.37. The van der Waals surface area contributed by atoms with Crippen molar-refractivity contribution in [2.24, 2.45) is 5.92 Å². The van der Waals surface area contributed by atoms with E-state index < -0.39 is 0 Å². The van der Waals surface area contributed by atoms with E-state index in [4.69, 9.17) is 4.74 Å². The summed E-state index contributed by atoms with van der Waals surface area (Å²) in [4.78, 5) is 20.2. The number of methoxy groups -OCH3 is 1. The van der Waals surface area contributed by atoms with Gasteiger partial charge in [-0.15, -0.1) is 0 Å². The fourth-order valence-electron chi connectivity index (χ4n) is 4.03. The lowest BCUT2D eigenvalue weighted by atomic mass is 9.87. The first-order chi connectivity index (χ1) is 13.0. The highest BCUT2D eigenvalue weighted by atomic mass is 16.5. The zero-order chi connectivity index (χ0) is 19.6. The summed E-state index contributed by atoms with van der Waals surface area (Å²) in [7, 11) is 3.62. The Balaban J connectivity index is 2.10. The fraction of sp³-hybridized carbons (Fsp3) is 0.476. The lowest BCUT2D eigenvalue weighted by Crippen LogP contribution is -2.47. The number of nitrogens with zero attached hydrogens (tertiary/aromatic N) is 2. The highest BCUT2D eigenvalue weighted by Crippen LogP contribution is 2.36. The van der Waals surface area contributed by atoms with Crippen molar-refractivity contribution in [1.82, 2.24) is 14.8 Å². The number of aromatic amines is 1. The Bertz CT molecular complexity index is 838. The molecule has 1 aliphatic heterocycles. The molecule has 1 aromatic carbocycles. The Labute approximate surface area is 160 Å². The van der Waals surface area contributed by atoms with Crippen molar-refractivity contribution in [2.45, 2.75) is 19.9 Å². The summed E-state index contributed by atoms with van der Waals surface area (Å²) in [5.41, 5.74) is 2.94. The summed E-state index contributed by atoms with van der Waals surface area (Å²) in [6.07, 6.45) is 3.93. The zero-order valence-corrected chi connectivity index (χ0v) is 16.5. The number of rotatable bonds is 6. The molecule has 2 atom stereocenters. The summed E-state index contributed by atoms with van der Waals surface area (Å²) in [6, 6.07) is 5.78. The number of amides is 1. The van der Waals surface area contributed by atoms with E-state index in [0.717, 1.165) is 27.8 Å². The second-order valence-electron chi connectivity index (χ2n) is 6.96. The number of carbonyl (C=O) groups excluding carboxylic acids is 1. The van der Waals surface area contributed by atoms with E-state index in [1.54, 1.807) is 7.11 Å². The molecule has 2 N–H and O–H groups in total. The van der Waals surface area contributed by atoms with Crippen LogP contribution in [-0.4, -0.2) is 72.2 Å². The number of hydrogen-bond acceptors (Lipinski definition) is 4. The van der Waals surface area contributed by atoms with Crippen molar-refractivity contribution in [3.63, 3.8) is 0 Å². The minimum absolute atomic E-state index is 0.00272. The Morgan fingerprint density at radius 1 is 1.33 bits per heavy atom. The molecule has 0 aliphatic carbocycles. The van der Waals surface area contributed by atoms with Gasteiger partial charge >= 0.3 is 0 Å². The van der Waals surface area contributed by atoms with Crippen molar-refractivity contribution in [3.8, 4) is 5.75 Å². The van der Waals surface area contributed by atoms with Gasteiger partial charge in [0.2, 0.25) is 5.91 Å². The number of ether oxygens (including phenoxy) is 1. The molecule has 0 fully saturated rings. The summed E-state index contributed by atoms with van der Waals surface area (Å²) < 4.78 is 5.46. The number of nitrogens with one attached hydrogen (secondary N) is 1. The van der Waals surface area contributed by atoms with Crippen molar-refractivity contribution < 1.29 is 14.6 Å². The van der Waals surface area contributed by atoms with Crippen LogP contribution in [0.3, 0.4) is 0 Å². The topological polar surface area (TPSA) is 68.8 Å². The molecule has 2 aromatic rings. The summed E-state index contributed by atoms with van der Waals surface area (Å²) in [5, 5.41) is 11.0. The van der Waals surface area contributed by atoms with Crippen molar-refractivity contribution >= 4 is 22.4 Å². The average molecular weight is 371 g/mol. The molecule has 2 heterocycles. The van der Waals surface area contributed by atoms with E-state index in [0.29, 0.717) is 19.6 Å². The molecule has 1 aromatic heterocycles. The number of carbonyl (C=O) groups is 1. The number of H-pyrrole nitrogens is 1. The molecule has 6 heteroatoms. The highest BCUT2D eigenvalue weighted by molar-refractivity contribution is 5.97. The van der Waals surface area contributed by atoms with Gasteiger partial charge in [0.25, 0.3) is 0 Å². The van der Waals surface area contributed by atoms with E-state index >= 15 is 0 Å². The molecular formula is C21H29N3O3. The normalized spacial score (nSPS) is 20.6. The molecule has 1 aliphatic rings. The van der Waals surface area contributed by atoms with Crippen LogP contribution in [0.5, 0.6) is 5.75 Å². The maximum Gasteiger partial charge on any atom is 0.230 e. The third-order valence-electron chi connectivity index (χ3n) is 5.54. The van der Waals surface area contributed by atoms with E-state index in [1.165, 1.54) is 0 Å². The second-order valence-corrected chi connectivity index (χ2v) is 6.96. The summed E-state index contributed by atoms with van der Waals surface area (Å²) in [5.74, 6) is 0.716. The summed E-state index contributed by atoms with van der Waals surface area (Å²) in [6.45, 7) is 6.01. The SMILES string of the molecule is CCN(CC)C(=O)[C@@H]1C=C(c2ccc(OC)c3cc[nH]c23)[C@@H](CO)N(C)C1. The Morgan fingerprint density at radius 2 is 2.07 bits per heavy atom. The molecule has 0 saturated carbocycles. The molecule has 27 heavy (non-hydrogen) atoms. The van der Waals surface area contributed by atoms with Gasteiger partial charge in [-0.05, 0) is 44.7 Å². The van der Waals surface area contributed by atoms with Crippen LogP contribution in [0.15, 0.2) is 30.5 Å². The first-order valence-electron chi connectivity index (χ1n) is 9.51. The average Bonchev–Trinajstić information content (AvgIpc) is 3.17. The molecular weight excluding hydrogens is 342 g/mol. The van der Waals surface area contributed by atoms with Crippen LogP contribution < -0.4 is 4.74 Å². The van der Waals surface area contributed by atoms with Gasteiger partial charge in [-0.1, -0.05) is 6.08 Å². The van der Waals surface area contributed by atoms with Gasteiger partial charge in [-0.25, -0.2) is 0 Å². The van der Waals surface area contributed by atoms with Crippen molar-refractivity contribution in [3.05, 3.63) is 36.0 Å². The largest absolute Gasteiger partial charge is 0.496 e. The van der Waals surface area contributed by atoms with Crippen LogP contribution in [-0.2, 0) is 4.79 Å². The predicted octanol–water partition coefficient (Wildman–Crippen LogP) is 2.35. The Hall–Kier alpha value is -2.31. The van der Waals surface area contributed by atoms with E-state index in [1.807, 2.05) is 56.3 Å². The summed E-state index contributed by atoms with van der Waals surface area (Å²) >= 11 is 0. The molecule has 3 rings (SSSR count). The van der Waals surface area contributed by atoms with Crippen LogP contribution >= 0.6 is 0 Å². The molecule has 0 bridgehead atoms. The first kappa shape index (κ1) is 19.5. The third kappa shape index (κ3) is 3.47. The third-order valence-corrected chi connectivity index (χ3v) is 5.54. The molecule has 1 amide bonds. The molecule has 0 saturated heterocycles. The maximum absolute atomic E-state index is 13.0. The molecule has 6 nitrogen and oxygen atoms in total. The number of aromatic nitrogens is 1. The van der Waals surface area contributed by atoms with Crippen LogP contribution in [0.2, 0.25) is 0 Å². The smallest absolute Gasteiger partial charge is 0.230 e. The zero-order valence-electron chi connectivity index (χ0n) is 16.5. The van der Waals surface area contributed by atoms with Crippen LogP contribution in [0.4, 0.5) is 0 Å². The number of hydrogen-bond donors (Lipinski definition) is 2. The highest BCUT2D eigenvalue weighted by Gasteiger charge is 2.33. The second kappa shape index (κ2) is 8.15. The number of benzene rings is 1. The van der Waals surface area contributed by atoms with E-state index in [9.17, 15) is 9.90 Å². The Kier molecular flexibility index (Phi) is 5.87. The van der Waals surface area contributed by atoms with Gasteiger partial charge < -0.3 is 19.7 Å². The van der Waals surface area contributed by atoms with Gasteiger partial charge in [0, 0.05) is 36.8 Å². The maximum atomic E-state index is 13.0.